The molecule has 0 atom stereocenters. The highest BCUT2D eigenvalue weighted by Crippen LogP contribution is 2.29. The molecular formula is C14H22N4S. The van der Waals surface area contributed by atoms with Gasteiger partial charge in [0.1, 0.15) is 16.5 Å². The Morgan fingerprint density at radius 1 is 1.32 bits per heavy atom. The number of hydrogen-bond acceptors (Lipinski definition) is 5. The van der Waals surface area contributed by atoms with E-state index in [1.165, 1.54) is 4.88 Å². The first-order valence-corrected chi connectivity index (χ1v) is 7.57. The molecule has 0 aliphatic carbocycles. The first kappa shape index (κ1) is 14.2. The molecule has 0 bridgehead atoms. The summed E-state index contributed by atoms with van der Waals surface area (Å²) in [7, 11) is 4.19. The van der Waals surface area contributed by atoms with Gasteiger partial charge in [-0.05, 0) is 46.5 Å². The molecule has 5 heteroatoms. The van der Waals surface area contributed by atoms with Crippen LogP contribution in [0.5, 0.6) is 0 Å². The van der Waals surface area contributed by atoms with E-state index in [-0.39, 0.29) is 0 Å². The molecule has 2 aromatic rings. The summed E-state index contributed by atoms with van der Waals surface area (Å²) in [4.78, 5) is 13.7. The quantitative estimate of drug-likeness (QED) is 0.825. The molecule has 1 N–H and O–H groups in total. The van der Waals surface area contributed by atoms with Crippen molar-refractivity contribution >= 4 is 27.4 Å². The number of aryl methyl sites for hydroxylation is 2. The third-order valence-corrected chi connectivity index (χ3v) is 4.15. The molecule has 2 heterocycles. The Morgan fingerprint density at radius 3 is 2.79 bits per heavy atom. The van der Waals surface area contributed by atoms with Crippen molar-refractivity contribution in [1.29, 1.82) is 0 Å². The second-order valence-electron chi connectivity index (χ2n) is 4.99. The van der Waals surface area contributed by atoms with E-state index in [9.17, 15) is 0 Å². The van der Waals surface area contributed by atoms with Gasteiger partial charge in [0.05, 0.1) is 5.39 Å². The number of nitrogens with zero attached hydrogens (tertiary/aromatic N) is 3. The summed E-state index contributed by atoms with van der Waals surface area (Å²) in [5.74, 6) is 1.82. The average molecular weight is 278 g/mol. The molecule has 19 heavy (non-hydrogen) atoms. The maximum Gasteiger partial charge on any atom is 0.138 e. The van der Waals surface area contributed by atoms with Crippen molar-refractivity contribution in [2.24, 2.45) is 0 Å². The van der Waals surface area contributed by atoms with Crippen LogP contribution in [0.2, 0.25) is 0 Å². The van der Waals surface area contributed by atoms with Gasteiger partial charge in [-0.2, -0.15) is 0 Å². The van der Waals surface area contributed by atoms with Gasteiger partial charge in [0.2, 0.25) is 0 Å². The SMILES string of the molecule is CCc1cc2c(NCCCN(C)C)nc(C)nc2s1. The number of rotatable bonds is 6. The van der Waals surface area contributed by atoms with Crippen LogP contribution in [-0.4, -0.2) is 42.1 Å². The molecule has 2 aromatic heterocycles. The molecule has 0 aliphatic heterocycles. The van der Waals surface area contributed by atoms with Gasteiger partial charge in [-0.15, -0.1) is 11.3 Å². The van der Waals surface area contributed by atoms with Crippen molar-refractivity contribution in [2.75, 3.05) is 32.5 Å². The standard InChI is InChI=1S/C14H22N4S/c1-5-11-9-12-13(15-7-6-8-18(3)4)16-10(2)17-14(12)19-11/h9H,5-8H2,1-4H3,(H,15,16,17). The Hall–Kier alpha value is -1.20. The Kier molecular flexibility index (Phi) is 4.71. The molecule has 0 unspecified atom stereocenters. The number of anilines is 1. The number of thiophene rings is 1. The van der Waals surface area contributed by atoms with Crippen molar-refractivity contribution in [3.63, 3.8) is 0 Å². The van der Waals surface area contributed by atoms with Crippen LogP contribution in [0.3, 0.4) is 0 Å². The average Bonchev–Trinajstić information content (AvgIpc) is 2.77. The third-order valence-electron chi connectivity index (χ3n) is 2.98. The smallest absolute Gasteiger partial charge is 0.138 e. The van der Waals surface area contributed by atoms with E-state index >= 15 is 0 Å². The van der Waals surface area contributed by atoms with Crippen LogP contribution in [0.4, 0.5) is 5.82 Å². The van der Waals surface area contributed by atoms with E-state index in [4.69, 9.17) is 0 Å². The Balaban J connectivity index is 2.14. The van der Waals surface area contributed by atoms with Crippen LogP contribution in [0.1, 0.15) is 24.0 Å². The maximum absolute atomic E-state index is 4.54. The fourth-order valence-corrected chi connectivity index (χ4v) is 3.00. The lowest BCUT2D eigenvalue weighted by molar-refractivity contribution is 0.405. The fraction of sp³-hybridized carbons (Fsp3) is 0.571. The van der Waals surface area contributed by atoms with Crippen LogP contribution in [0.15, 0.2) is 6.07 Å². The Labute approximate surface area is 118 Å². The summed E-state index contributed by atoms with van der Waals surface area (Å²) in [6.07, 6.45) is 2.17. The lowest BCUT2D eigenvalue weighted by atomic mass is 10.3. The monoisotopic (exact) mass is 278 g/mol. The minimum atomic E-state index is 0.840. The number of aromatic nitrogens is 2. The van der Waals surface area contributed by atoms with Crippen LogP contribution >= 0.6 is 11.3 Å². The molecule has 0 radical (unpaired) electrons. The summed E-state index contributed by atoms with van der Waals surface area (Å²) >= 11 is 1.77. The molecule has 0 aromatic carbocycles. The van der Waals surface area contributed by atoms with Crippen molar-refractivity contribution < 1.29 is 0 Å². The zero-order valence-corrected chi connectivity index (χ0v) is 13.0. The fourth-order valence-electron chi connectivity index (χ4n) is 1.99. The van der Waals surface area contributed by atoms with Crippen molar-refractivity contribution in [1.82, 2.24) is 14.9 Å². The second kappa shape index (κ2) is 6.30. The normalized spacial score (nSPS) is 11.4. The molecule has 0 aliphatic rings. The van der Waals surface area contributed by atoms with E-state index in [1.54, 1.807) is 11.3 Å². The minimum Gasteiger partial charge on any atom is -0.369 e. The molecule has 0 amide bonds. The summed E-state index contributed by atoms with van der Waals surface area (Å²) in [6.45, 7) is 6.16. The van der Waals surface area contributed by atoms with Crippen molar-refractivity contribution in [2.45, 2.75) is 26.7 Å². The van der Waals surface area contributed by atoms with E-state index < -0.39 is 0 Å². The van der Waals surface area contributed by atoms with Gasteiger partial charge in [-0.25, -0.2) is 9.97 Å². The highest BCUT2D eigenvalue weighted by molar-refractivity contribution is 7.18. The van der Waals surface area contributed by atoms with Gasteiger partial charge in [0.25, 0.3) is 0 Å². The van der Waals surface area contributed by atoms with Gasteiger partial charge >= 0.3 is 0 Å². The first-order valence-electron chi connectivity index (χ1n) is 6.75. The number of fused-ring (bicyclic) bond motifs is 1. The molecule has 0 saturated heterocycles. The van der Waals surface area contributed by atoms with Gasteiger partial charge in [-0.1, -0.05) is 6.92 Å². The number of nitrogens with one attached hydrogen (secondary N) is 1. The van der Waals surface area contributed by atoms with Gasteiger partial charge in [0, 0.05) is 11.4 Å². The van der Waals surface area contributed by atoms with Crippen LogP contribution < -0.4 is 5.32 Å². The van der Waals surface area contributed by atoms with E-state index in [2.05, 4.69) is 47.3 Å². The van der Waals surface area contributed by atoms with Crippen LogP contribution in [0, 0.1) is 6.92 Å². The number of hydrogen-bond donors (Lipinski definition) is 1. The Morgan fingerprint density at radius 2 is 2.11 bits per heavy atom. The van der Waals surface area contributed by atoms with E-state index in [0.717, 1.165) is 47.8 Å². The predicted molar refractivity (Wildman–Crippen MR) is 83.2 cm³/mol. The van der Waals surface area contributed by atoms with Crippen LogP contribution in [0.25, 0.3) is 10.2 Å². The van der Waals surface area contributed by atoms with Gasteiger partial charge < -0.3 is 10.2 Å². The first-order chi connectivity index (χ1) is 9.10. The topological polar surface area (TPSA) is 41.0 Å². The predicted octanol–water partition coefficient (Wildman–Crippen LogP) is 2.93. The zero-order chi connectivity index (χ0) is 13.8. The maximum atomic E-state index is 4.54. The summed E-state index contributed by atoms with van der Waals surface area (Å²) in [5, 5.41) is 4.61. The third kappa shape index (κ3) is 3.64. The second-order valence-corrected chi connectivity index (χ2v) is 6.10. The molecule has 2 rings (SSSR count). The van der Waals surface area contributed by atoms with E-state index in [1.807, 2.05) is 6.92 Å². The lowest BCUT2D eigenvalue weighted by Crippen LogP contribution is -2.16. The highest BCUT2D eigenvalue weighted by atomic mass is 32.1. The summed E-state index contributed by atoms with van der Waals surface area (Å²) < 4.78 is 0. The molecule has 0 spiro atoms. The van der Waals surface area contributed by atoms with E-state index in [0.29, 0.717) is 0 Å². The summed E-state index contributed by atoms with van der Waals surface area (Å²) in [5.41, 5.74) is 0. The molecule has 0 fully saturated rings. The van der Waals surface area contributed by atoms with Crippen LogP contribution in [-0.2, 0) is 6.42 Å². The minimum absolute atomic E-state index is 0.840. The van der Waals surface area contributed by atoms with Crippen molar-refractivity contribution in [3.05, 3.63) is 16.8 Å². The van der Waals surface area contributed by atoms with Crippen molar-refractivity contribution in [3.8, 4) is 0 Å². The highest BCUT2D eigenvalue weighted by Gasteiger charge is 2.09. The van der Waals surface area contributed by atoms with Gasteiger partial charge in [-0.3, -0.25) is 0 Å². The summed E-state index contributed by atoms with van der Waals surface area (Å²) in [6, 6.07) is 2.22. The molecular weight excluding hydrogens is 256 g/mol. The molecule has 0 saturated carbocycles. The molecule has 104 valence electrons. The lowest BCUT2D eigenvalue weighted by Gasteiger charge is -2.11. The largest absolute Gasteiger partial charge is 0.369 e. The Bertz CT molecular complexity index is 548. The van der Waals surface area contributed by atoms with Gasteiger partial charge in [0.15, 0.2) is 0 Å². The zero-order valence-electron chi connectivity index (χ0n) is 12.2. The molecule has 4 nitrogen and oxygen atoms in total.